The molecule has 0 amide bonds. The summed E-state index contributed by atoms with van der Waals surface area (Å²) in [5.74, 6) is 0. The van der Waals surface area contributed by atoms with Crippen molar-refractivity contribution < 1.29 is 4.74 Å². The van der Waals surface area contributed by atoms with Crippen molar-refractivity contribution in [2.45, 2.75) is 32.6 Å². The molecule has 0 aromatic heterocycles. The van der Waals surface area contributed by atoms with Gasteiger partial charge in [-0.2, -0.15) is 0 Å². The molecule has 1 aliphatic heterocycles. The Morgan fingerprint density at radius 1 is 1.19 bits per heavy atom. The van der Waals surface area contributed by atoms with E-state index in [1.165, 1.54) is 5.56 Å². The Kier molecular flexibility index (Phi) is 3.85. The van der Waals surface area contributed by atoms with Crippen LogP contribution in [0.15, 0.2) is 24.3 Å². The van der Waals surface area contributed by atoms with Crippen LogP contribution in [0.5, 0.6) is 0 Å². The summed E-state index contributed by atoms with van der Waals surface area (Å²) in [6.45, 7) is 7.25. The van der Waals surface area contributed by atoms with E-state index in [-0.39, 0.29) is 0 Å². The number of rotatable bonds is 2. The number of nitrogens with zero attached hydrogens (tertiary/aromatic N) is 1. The Morgan fingerprint density at radius 3 is 2.31 bits per heavy atom. The van der Waals surface area contributed by atoms with Gasteiger partial charge in [0.25, 0.3) is 0 Å². The third-order valence-corrected chi connectivity index (χ3v) is 3.07. The van der Waals surface area contributed by atoms with Gasteiger partial charge in [0.05, 0.1) is 12.2 Å². The summed E-state index contributed by atoms with van der Waals surface area (Å²) in [5.41, 5.74) is 1.31. The summed E-state index contributed by atoms with van der Waals surface area (Å²) >= 11 is 5.87. The van der Waals surface area contributed by atoms with Crippen molar-refractivity contribution in [3.05, 3.63) is 34.9 Å². The first kappa shape index (κ1) is 11.9. The predicted molar refractivity (Wildman–Crippen MR) is 66.7 cm³/mol. The highest BCUT2D eigenvalue weighted by molar-refractivity contribution is 6.30. The minimum Gasteiger partial charge on any atom is -0.373 e. The van der Waals surface area contributed by atoms with Gasteiger partial charge in [-0.15, -0.1) is 0 Å². The van der Waals surface area contributed by atoms with E-state index in [2.05, 4.69) is 30.9 Å². The molecule has 0 saturated carbocycles. The molecule has 1 aliphatic rings. The molecule has 2 nitrogen and oxygen atoms in total. The quantitative estimate of drug-likeness (QED) is 0.787. The van der Waals surface area contributed by atoms with E-state index in [0.717, 1.165) is 24.7 Å². The van der Waals surface area contributed by atoms with Gasteiger partial charge in [-0.3, -0.25) is 4.90 Å². The predicted octanol–water partition coefficient (Wildman–Crippen LogP) is 2.95. The molecule has 2 atom stereocenters. The molecule has 0 N–H and O–H groups in total. The maximum atomic E-state index is 5.87. The Labute approximate surface area is 102 Å². The van der Waals surface area contributed by atoms with Crippen molar-refractivity contribution in [1.82, 2.24) is 4.90 Å². The van der Waals surface area contributed by atoms with E-state index >= 15 is 0 Å². The number of hydrogen-bond acceptors (Lipinski definition) is 2. The van der Waals surface area contributed by atoms with Gasteiger partial charge in [-0.05, 0) is 31.5 Å². The highest BCUT2D eigenvalue weighted by atomic mass is 35.5. The van der Waals surface area contributed by atoms with Crippen LogP contribution in [0.2, 0.25) is 5.02 Å². The second-order valence-corrected chi connectivity index (χ2v) is 5.01. The standard InChI is InChI=1S/C13H18ClNO/c1-10-7-15(8-11(2)16-10)9-12-3-5-13(14)6-4-12/h3-6,10-11H,7-9H2,1-2H3. The lowest BCUT2D eigenvalue weighted by Crippen LogP contribution is -2.44. The average Bonchev–Trinajstić information content (AvgIpc) is 2.20. The number of hydrogen-bond donors (Lipinski definition) is 0. The maximum absolute atomic E-state index is 5.87. The summed E-state index contributed by atoms with van der Waals surface area (Å²) in [5, 5.41) is 0.799. The molecule has 1 heterocycles. The first-order chi connectivity index (χ1) is 7.63. The lowest BCUT2D eigenvalue weighted by atomic mass is 10.1. The Morgan fingerprint density at radius 2 is 1.75 bits per heavy atom. The van der Waals surface area contributed by atoms with Crippen LogP contribution in [0.25, 0.3) is 0 Å². The van der Waals surface area contributed by atoms with Crippen molar-refractivity contribution in [3.8, 4) is 0 Å². The summed E-state index contributed by atoms with van der Waals surface area (Å²) in [4.78, 5) is 2.43. The van der Waals surface area contributed by atoms with Crippen LogP contribution in [0.4, 0.5) is 0 Å². The van der Waals surface area contributed by atoms with Crippen LogP contribution >= 0.6 is 11.6 Å². The minimum atomic E-state index is 0.330. The van der Waals surface area contributed by atoms with Crippen molar-refractivity contribution >= 4 is 11.6 Å². The molecular weight excluding hydrogens is 222 g/mol. The van der Waals surface area contributed by atoms with Crippen LogP contribution in [0, 0.1) is 0 Å². The van der Waals surface area contributed by atoms with E-state index in [4.69, 9.17) is 16.3 Å². The molecule has 1 aromatic rings. The lowest BCUT2D eigenvalue weighted by molar-refractivity contribution is -0.0704. The van der Waals surface area contributed by atoms with E-state index in [0.29, 0.717) is 12.2 Å². The van der Waals surface area contributed by atoms with E-state index in [9.17, 15) is 0 Å². The van der Waals surface area contributed by atoms with Crippen LogP contribution in [-0.4, -0.2) is 30.2 Å². The molecule has 0 bridgehead atoms. The van der Waals surface area contributed by atoms with Gasteiger partial charge in [-0.25, -0.2) is 0 Å². The van der Waals surface area contributed by atoms with Crippen molar-refractivity contribution in [1.29, 1.82) is 0 Å². The summed E-state index contributed by atoms with van der Waals surface area (Å²) in [7, 11) is 0. The number of morpholine rings is 1. The molecule has 0 aliphatic carbocycles. The number of ether oxygens (including phenoxy) is 1. The third-order valence-electron chi connectivity index (χ3n) is 2.81. The molecule has 1 fully saturated rings. The van der Waals surface area contributed by atoms with E-state index in [1.54, 1.807) is 0 Å². The lowest BCUT2D eigenvalue weighted by Gasteiger charge is -2.35. The second-order valence-electron chi connectivity index (χ2n) is 4.58. The van der Waals surface area contributed by atoms with Crippen molar-refractivity contribution in [2.24, 2.45) is 0 Å². The number of halogens is 1. The smallest absolute Gasteiger partial charge is 0.0678 e. The van der Waals surface area contributed by atoms with Crippen molar-refractivity contribution in [2.75, 3.05) is 13.1 Å². The fraction of sp³-hybridized carbons (Fsp3) is 0.538. The van der Waals surface area contributed by atoms with Crippen LogP contribution < -0.4 is 0 Å². The first-order valence-electron chi connectivity index (χ1n) is 5.76. The van der Waals surface area contributed by atoms with Gasteiger partial charge in [0, 0.05) is 24.7 Å². The van der Waals surface area contributed by atoms with Gasteiger partial charge in [0.2, 0.25) is 0 Å². The molecule has 3 heteroatoms. The SMILES string of the molecule is CC1CN(Cc2ccc(Cl)cc2)CC(C)O1. The molecule has 2 rings (SSSR count). The van der Waals surface area contributed by atoms with Crippen LogP contribution in [0.3, 0.4) is 0 Å². The summed E-state index contributed by atoms with van der Waals surface area (Å²) < 4.78 is 5.71. The van der Waals surface area contributed by atoms with Gasteiger partial charge in [0.1, 0.15) is 0 Å². The first-order valence-corrected chi connectivity index (χ1v) is 6.13. The molecule has 1 aromatic carbocycles. The van der Waals surface area contributed by atoms with Crippen LogP contribution in [-0.2, 0) is 11.3 Å². The fourth-order valence-electron chi connectivity index (χ4n) is 2.26. The Hall–Kier alpha value is -0.570. The Bertz CT molecular complexity index is 328. The van der Waals surface area contributed by atoms with Gasteiger partial charge >= 0.3 is 0 Å². The molecule has 0 radical (unpaired) electrons. The van der Waals surface area contributed by atoms with Gasteiger partial charge in [0.15, 0.2) is 0 Å². The molecule has 1 saturated heterocycles. The fourth-order valence-corrected chi connectivity index (χ4v) is 2.39. The molecule has 16 heavy (non-hydrogen) atoms. The average molecular weight is 240 g/mol. The third kappa shape index (κ3) is 3.21. The van der Waals surface area contributed by atoms with Crippen molar-refractivity contribution in [3.63, 3.8) is 0 Å². The monoisotopic (exact) mass is 239 g/mol. The largest absolute Gasteiger partial charge is 0.373 e. The van der Waals surface area contributed by atoms with Gasteiger partial charge in [-0.1, -0.05) is 23.7 Å². The zero-order valence-corrected chi connectivity index (χ0v) is 10.6. The molecule has 0 spiro atoms. The minimum absolute atomic E-state index is 0.330. The summed E-state index contributed by atoms with van der Waals surface area (Å²) in [6.07, 6.45) is 0.659. The normalized spacial score (nSPS) is 26.9. The number of benzene rings is 1. The zero-order chi connectivity index (χ0) is 11.5. The highest BCUT2D eigenvalue weighted by Gasteiger charge is 2.21. The zero-order valence-electron chi connectivity index (χ0n) is 9.82. The van der Waals surface area contributed by atoms with Gasteiger partial charge < -0.3 is 4.74 Å². The second kappa shape index (κ2) is 5.17. The summed E-state index contributed by atoms with van der Waals surface area (Å²) in [6, 6.07) is 8.08. The Balaban J connectivity index is 1.96. The highest BCUT2D eigenvalue weighted by Crippen LogP contribution is 2.15. The van der Waals surface area contributed by atoms with Crippen LogP contribution in [0.1, 0.15) is 19.4 Å². The maximum Gasteiger partial charge on any atom is 0.0678 e. The molecule has 2 unspecified atom stereocenters. The van der Waals surface area contributed by atoms with E-state index < -0.39 is 0 Å². The molecule has 88 valence electrons. The molecular formula is C13H18ClNO. The topological polar surface area (TPSA) is 12.5 Å². The van der Waals surface area contributed by atoms with E-state index in [1.807, 2.05) is 12.1 Å².